The van der Waals surface area contributed by atoms with Crippen molar-refractivity contribution in [3.8, 4) is 0 Å². The van der Waals surface area contributed by atoms with Crippen LogP contribution in [0.5, 0.6) is 0 Å². The van der Waals surface area contributed by atoms with E-state index < -0.39 is 5.97 Å². The number of nitrogens with one attached hydrogen (secondary N) is 2. The van der Waals surface area contributed by atoms with Gasteiger partial charge in [0.05, 0.1) is 12.0 Å². The van der Waals surface area contributed by atoms with Crippen LogP contribution in [0, 0.1) is 11.8 Å². The van der Waals surface area contributed by atoms with Gasteiger partial charge in [-0.2, -0.15) is 0 Å². The van der Waals surface area contributed by atoms with E-state index in [1.54, 1.807) is 0 Å². The molecule has 3 unspecified atom stereocenters. The third-order valence-electron chi connectivity index (χ3n) is 4.52. The van der Waals surface area contributed by atoms with Gasteiger partial charge in [-0.25, -0.2) is 4.79 Å². The highest BCUT2D eigenvalue weighted by molar-refractivity contribution is 5.74. The summed E-state index contributed by atoms with van der Waals surface area (Å²) in [6, 6.07) is -0.223. The molecule has 1 saturated heterocycles. The second-order valence-electron chi connectivity index (χ2n) is 6.07. The molecule has 0 bridgehead atoms. The zero-order valence-electron chi connectivity index (χ0n) is 12.5. The lowest BCUT2D eigenvalue weighted by Gasteiger charge is -2.28. The molecule has 2 fully saturated rings. The second-order valence-corrected chi connectivity index (χ2v) is 6.07. The van der Waals surface area contributed by atoms with E-state index in [2.05, 4.69) is 10.6 Å². The molecule has 0 aromatic rings. The van der Waals surface area contributed by atoms with Crippen LogP contribution in [0.4, 0.5) is 4.79 Å². The van der Waals surface area contributed by atoms with Gasteiger partial charge in [0.2, 0.25) is 0 Å². The summed E-state index contributed by atoms with van der Waals surface area (Å²) in [6.07, 6.45) is 6.97. The Hall–Kier alpha value is -1.30. The van der Waals surface area contributed by atoms with Crippen molar-refractivity contribution in [3.05, 3.63) is 0 Å². The normalized spacial score (nSPS) is 29.6. The average molecular weight is 298 g/mol. The first-order valence-electron chi connectivity index (χ1n) is 8.03. The van der Waals surface area contributed by atoms with Crippen LogP contribution in [0.2, 0.25) is 0 Å². The fraction of sp³-hybridized carbons (Fsp3) is 0.867. The van der Waals surface area contributed by atoms with Crippen LogP contribution in [0.15, 0.2) is 0 Å². The molecule has 0 radical (unpaired) electrons. The van der Waals surface area contributed by atoms with E-state index in [-0.39, 0.29) is 24.0 Å². The first kappa shape index (κ1) is 16.1. The maximum atomic E-state index is 11.8. The Morgan fingerprint density at radius 2 is 1.71 bits per heavy atom. The largest absolute Gasteiger partial charge is 0.481 e. The van der Waals surface area contributed by atoms with Gasteiger partial charge in [0, 0.05) is 19.7 Å². The van der Waals surface area contributed by atoms with Crippen molar-refractivity contribution in [1.82, 2.24) is 10.6 Å². The third-order valence-corrected chi connectivity index (χ3v) is 4.52. The molecule has 120 valence electrons. The van der Waals surface area contributed by atoms with Crippen molar-refractivity contribution >= 4 is 12.0 Å². The summed E-state index contributed by atoms with van der Waals surface area (Å²) in [6.45, 7) is 1.74. The second kappa shape index (κ2) is 8.22. The van der Waals surface area contributed by atoms with Gasteiger partial charge < -0.3 is 20.5 Å². The minimum atomic E-state index is -0.738. The van der Waals surface area contributed by atoms with Crippen molar-refractivity contribution in [3.63, 3.8) is 0 Å². The molecular weight excluding hydrogens is 272 g/mol. The third kappa shape index (κ3) is 5.19. The highest BCUT2D eigenvalue weighted by Crippen LogP contribution is 2.29. The summed E-state index contributed by atoms with van der Waals surface area (Å²) in [4.78, 5) is 23.0. The number of hydrogen-bond donors (Lipinski definition) is 3. The Labute approximate surface area is 125 Å². The van der Waals surface area contributed by atoms with Crippen molar-refractivity contribution in [2.24, 2.45) is 11.8 Å². The van der Waals surface area contributed by atoms with Gasteiger partial charge >= 0.3 is 12.0 Å². The van der Waals surface area contributed by atoms with E-state index in [0.29, 0.717) is 13.1 Å². The Bertz CT molecular complexity index is 356. The molecule has 3 atom stereocenters. The summed E-state index contributed by atoms with van der Waals surface area (Å²) >= 11 is 0. The Morgan fingerprint density at radius 3 is 2.43 bits per heavy atom. The van der Waals surface area contributed by atoms with E-state index in [1.807, 2.05) is 0 Å². The Balaban J connectivity index is 1.66. The van der Waals surface area contributed by atoms with E-state index in [1.165, 1.54) is 0 Å². The number of amides is 2. The van der Waals surface area contributed by atoms with Crippen molar-refractivity contribution in [2.75, 3.05) is 19.7 Å². The lowest BCUT2D eigenvalue weighted by atomic mass is 9.79. The number of carbonyl (C=O) groups is 2. The smallest absolute Gasteiger partial charge is 0.314 e. The minimum absolute atomic E-state index is 0.0490. The molecular formula is C15H26N2O4. The average Bonchev–Trinajstić information content (AvgIpc) is 2.52. The summed E-state index contributed by atoms with van der Waals surface area (Å²) < 4.78 is 5.55. The maximum absolute atomic E-state index is 11.8. The lowest BCUT2D eigenvalue weighted by molar-refractivity contribution is -0.144. The van der Waals surface area contributed by atoms with E-state index >= 15 is 0 Å². The van der Waals surface area contributed by atoms with Crippen LogP contribution in [0.25, 0.3) is 0 Å². The first-order valence-corrected chi connectivity index (χ1v) is 8.03. The van der Waals surface area contributed by atoms with Crippen molar-refractivity contribution in [2.45, 2.75) is 51.0 Å². The first-order chi connectivity index (χ1) is 10.2. The monoisotopic (exact) mass is 298 g/mol. The molecule has 3 N–H and O–H groups in total. The van der Waals surface area contributed by atoms with Crippen LogP contribution in [-0.2, 0) is 9.53 Å². The van der Waals surface area contributed by atoms with Crippen LogP contribution in [-0.4, -0.2) is 42.9 Å². The highest BCUT2D eigenvalue weighted by atomic mass is 16.5. The van der Waals surface area contributed by atoms with Crippen molar-refractivity contribution < 1.29 is 19.4 Å². The molecule has 1 heterocycles. The van der Waals surface area contributed by atoms with Crippen LogP contribution in [0.3, 0.4) is 0 Å². The Kier molecular flexibility index (Phi) is 6.29. The molecule has 6 heteroatoms. The number of hydrogen-bond acceptors (Lipinski definition) is 3. The van der Waals surface area contributed by atoms with Gasteiger partial charge in [0.15, 0.2) is 0 Å². The highest BCUT2D eigenvalue weighted by Gasteiger charge is 2.30. The molecule has 0 aromatic heterocycles. The maximum Gasteiger partial charge on any atom is 0.314 e. The minimum Gasteiger partial charge on any atom is -0.481 e. The number of carboxylic acid groups (broad SMARTS) is 1. The van der Waals surface area contributed by atoms with Gasteiger partial charge in [-0.15, -0.1) is 0 Å². The number of carbonyl (C=O) groups excluding carboxylic acids is 1. The van der Waals surface area contributed by atoms with Gasteiger partial charge in [0.1, 0.15) is 0 Å². The lowest BCUT2D eigenvalue weighted by Crippen LogP contribution is -2.44. The number of carboxylic acids is 1. The zero-order valence-corrected chi connectivity index (χ0v) is 12.5. The van der Waals surface area contributed by atoms with Crippen molar-refractivity contribution in [1.29, 1.82) is 0 Å². The number of aliphatic carboxylic acids is 1. The summed E-state index contributed by atoms with van der Waals surface area (Å²) in [5, 5.41) is 14.8. The topological polar surface area (TPSA) is 87.7 Å². The summed E-state index contributed by atoms with van der Waals surface area (Å²) in [7, 11) is 0. The SMILES string of the molecule is O=C(NCC1CCCCO1)NCC1CCCCC1C(=O)O. The van der Waals surface area contributed by atoms with Crippen LogP contribution < -0.4 is 10.6 Å². The molecule has 2 aliphatic rings. The zero-order chi connectivity index (χ0) is 15.1. The molecule has 6 nitrogen and oxygen atoms in total. The fourth-order valence-corrected chi connectivity index (χ4v) is 3.24. The van der Waals surface area contributed by atoms with E-state index in [0.717, 1.165) is 51.6 Å². The van der Waals surface area contributed by atoms with Gasteiger partial charge in [-0.1, -0.05) is 12.8 Å². The molecule has 2 amide bonds. The molecule has 1 aliphatic carbocycles. The molecule has 21 heavy (non-hydrogen) atoms. The molecule has 0 spiro atoms. The van der Waals surface area contributed by atoms with Gasteiger partial charge in [-0.05, 0) is 38.0 Å². The predicted octanol–water partition coefficient (Wildman–Crippen LogP) is 1.75. The summed E-state index contributed by atoms with van der Waals surface area (Å²) in [5.41, 5.74) is 0. The fourth-order valence-electron chi connectivity index (χ4n) is 3.24. The summed E-state index contributed by atoms with van der Waals surface area (Å²) in [5.74, 6) is -1.01. The molecule has 2 rings (SSSR count). The number of ether oxygens (including phenoxy) is 1. The van der Waals surface area contributed by atoms with E-state index in [4.69, 9.17) is 4.74 Å². The van der Waals surface area contributed by atoms with Crippen LogP contribution >= 0.6 is 0 Å². The number of rotatable bonds is 5. The van der Waals surface area contributed by atoms with E-state index in [9.17, 15) is 14.7 Å². The molecule has 1 saturated carbocycles. The van der Waals surface area contributed by atoms with Gasteiger partial charge in [-0.3, -0.25) is 4.79 Å². The van der Waals surface area contributed by atoms with Crippen LogP contribution in [0.1, 0.15) is 44.9 Å². The standard InChI is InChI=1S/C15H26N2O4/c18-14(19)13-7-2-1-5-11(13)9-16-15(20)17-10-12-6-3-4-8-21-12/h11-13H,1-10H2,(H,18,19)(H2,16,17,20). The van der Waals surface area contributed by atoms with Gasteiger partial charge in [0.25, 0.3) is 0 Å². The number of urea groups is 1. The Morgan fingerprint density at radius 1 is 1.00 bits per heavy atom. The predicted molar refractivity (Wildman–Crippen MR) is 78.1 cm³/mol. The quantitative estimate of drug-likeness (QED) is 0.721. The molecule has 1 aliphatic heterocycles. The molecule has 0 aromatic carbocycles.